The fourth-order valence-electron chi connectivity index (χ4n) is 6.42. The maximum Gasteiger partial charge on any atom is 0.307 e. The predicted molar refractivity (Wildman–Crippen MR) is 142 cm³/mol. The van der Waals surface area contributed by atoms with E-state index in [1.54, 1.807) is 6.20 Å². The van der Waals surface area contributed by atoms with Gasteiger partial charge in [0.05, 0.1) is 6.42 Å². The second-order valence-corrected chi connectivity index (χ2v) is 10.2. The van der Waals surface area contributed by atoms with Gasteiger partial charge in [-0.3, -0.25) is 4.79 Å². The monoisotopic (exact) mass is 478 g/mol. The number of hydrogen-bond acceptors (Lipinski definition) is 4. The standard InChI is InChI=1S/C31H30N2O3/c32-30-24-9-6-8-22(23(24)13-16-33-30)20-11-12-26-25(17-20)28(19-31(26)14-4-1-5-15-31)36-27-10-3-2-7-21(27)18-29(34)35/h2-3,6-13,16-17,28H,1,4-5,14-15,18-19H2,(H2,32,33)(H,34,35). The normalized spacial score (nSPS) is 18.3. The summed E-state index contributed by atoms with van der Waals surface area (Å²) in [5.74, 6) is 0.347. The van der Waals surface area contributed by atoms with Gasteiger partial charge in [0.1, 0.15) is 17.7 Å². The van der Waals surface area contributed by atoms with Crippen LogP contribution in [-0.2, 0) is 16.6 Å². The zero-order valence-electron chi connectivity index (χ0n) is 20.2. The van der Waals surface area contributed by atoms with E-state index < -0.39 is 5.97 Å². The highest BCUT2D eigenvalue weighted by Crippen LogP contribution is 2.54. The first-order valence-corrected chi connectivity index (χ1v) is 12.8. The first kappa shape index (κ1) is 22.6. The molecule has 2 aliphatic rings. The van der Waals surface area contributed by atoms with Crippen molar-refractivity contribution in [1.29, 1.82) is 0 Å². The number of nitrogen functional groups attached to an aromatic ring is 1. The molecule has 6 rings (SSSR count). The van der Waals surface area contributed by atoms with Crippen molar-refractivity contribution in [2.75, 3.05) is 5.73 Å². The van der Waals surface area contributed by atoms with Crippen molar-refractivity contribution in [3.05, 3.63) is 89.6 Å². The maximum absolute atomic E-state index is 11.5. The van der Waals surface area contributed by atoms with Crippen LogP contribution in [-0.4, -0.2) is 16.1 Å². The highest BCUT2D eigenvalue weighted by molar-refractivity contribution is 6.01. The second kappa shape index (κ2) is 8.98. The minimum absolute atomic E-state index is 0.0492. The molecule has 0 radical (unpaired) electrons. The van der Waals surface area contributed by atoms with Gasteiger partial charge in [0.15, 0.2) is 0 Å². The fourth-order valence-corrected chi connectivity index (χ4v) is 6.42. The van der Waals surface area contributed by atoms with Gasteiger partial charge >= 0.3 is 5.97 Å². The van der Waals surface area contributed by atoms with Crippen molar-refractivity contribution < 1.29 is 14.6 Å². The highest BCUT2D eigenvalue weighted by Gasteiger charge is 2.45. The Morgan fingerprint density at radius 3 is 2.67 bits per heavy atom. The predicted octanol–water partition coefficient (Wildman–Crippen LogP) is 6.84. The number of ether oxygens (including phenoxy) is 1. The molecule has 5 heteroatoms. The van der Waals surface area contributed by atoms with E-state index in [1.807, 2.05) is 42.5 Å². The van der Waals surface area contributed by atoms with E-state index in [2.05, 4.69) is 29.2 Å². The molecule has 5 nitrogen and oxygen atoms in total. The number of pyridine rings is 1. The lowest BCUT2D eigenvalue weighted by Gasteiger charge is -2.34. The van der Waals surface area contributed by atoms with Crippen LogP contribution in [0.3, 0.4) is 0 Å². The van der Waals surface area contributed by atoms with Crippen LogP contribution in [0.2, 0.25) is 0 Å². The zero-order chi connectivity index (χ0) is 24.7. The summed E-state index contributed by atoms with van der Waals surface area (Å²) in [6.07, 6.45) is 8.63. The molecule has 1 saturated carbocycles. The van der Waals surface area contributed by atoms with Crippen molar-refractivity contribution >= 4 is 22.6 Å². The molecule has 1 spiro atoms. The first-order valence-electron chi connectivity index (χ1n) is 12.8. The molecule has 4 aromatic rings. The second-order valence-electron chi connectivity index (χ2n) is 10.2. The molecule has 0 saturated heterocycles. The summed E-state index contributed by atoms with van der Waals surface area (Å²) in [5.41, 5.74) is 11.9. The Balaban J connectivity index is 1.45. The van der Waals surface area contributed by atoms with Gasteiger partial charge in [-0.25, -0.2) is 4.98 Å². The van der Waals surface area contributed by atoms with Crippen molar-refractivity contribution in [1.82, 2.24) is 4.98 Å². The summed E-state index contributed by atoms with van der Waals surface area (Å²) in [4.78, 5) is 15.7. The van der Waals surface area contributed by atoms with Crippen molar-refractivity contribution in [3.8, 4) is 16.9 Å². The smallest absolute Gasteiger partial charge is 0.307 e. The summed E-state index contributed by atoms with van der Waals surface area (Å²) in [5, 5.41) is 11.4. The largest absolute Gasteiger partial charge is 0.485 e. The molecule has 1 fully saturated rings. The number of anilines is 1. The molecule has 3 aromatic carbocycles. The summed E-state index contributed by atoms with van der Waals surface area (Å²) in [7, 11) is 0. The number of carbonyl (C=O) groups is 1. The fraction of sp³-hybridized carbons (Fsp3) is 0.290. The van der Waals surface area contributed by atoms with E-state index in [1.165, 1.54) is 43.2 Å². The molecule has 1 atom stereocenters. The first-order chi connectivity index (χ1) is 17.5. The van der Waals surface area contributed by atoms with Gasteiger partial charge in [-0.05, 0) is 70.5 Å². The van der Waals surface area contributed by atoms with E-state index in [-0.39, 0.29) is 17.9 Å². The molecule has 0 amide bonds. The number of aromatic nitrogens is 1. The molecule has 0 bridgehead atoms. The third-order valence-electron chi connectivity index (χ3n) is 8.09. The van der Waals surface area contributed by atoms with Crippen LogP contribution in [0.5, 0.6) is 5.75 Å². The van der Waals surface area contributed by atoms with Gasteiger partial charge in [-0.15, -0.1) is 0 Å². The molecular formula is C31H30N2O3. The van der Waals surface area contributed by atoms with E-state index in [0.717, 1.165) is 28.3 Å². The van der Waals surface area contributed by atoms with E-state index in [4.69, 9.17) is 10.5 Å². The number of aliphatic carboxylic acids is 1. The minimum Gasteiger partial charge on any atom is -0.485 e. The SMILES string of the molecule is Nc1nccc2c(-c3ccc4c(c3)C(Oc3ccccc3CC(=O)O)CC43CCCCC3)cccc12. The summed E-state index contributed by atoms with van der Waals surface area (Å²) >= 11 is 0. The van der Waals surface area contributed by atoms with Gasteiger partial charge in [-0.2, -0.15) is 0 Å². The molecule has 2 aliphatic carbocycles. The maximum atomic E-state index is 11.5. The van der Waals surface area contributed by atoms with Crippen LogP contribution in [0.15, 0.2) is 72.9 Å². The topological polar surface area (TPSA) is 85.4 Å². The van der Waals surface area contributed by atoms with Gasteiger partial charge in [0, 0.05) is 17.1 Å². The summed E-state index contributed by atoms with van der Waals surface area (Å²) < 4.78 is 6.67. The number of carboxylic acids is 1. The Kier molecular flexibility index (Phi) is 5.63. The number of nitrogens with zero attached hydrogens (tertiary/aromatic N) is 1. The average Bonchev–Trinajstić information content (AvgIpc) is 3.17. The Morgan fingerprint density at radius 1 is 1.00 bits per heavy atom. The van der Waals surface area contributed by atoms with Crippen LogP contribution >= 0.6 is 0 Å². The number of fused-ring (bicyclic) bond motifs is 3. The van der Waals surface area contributed by atoms with Crippen LogP contribution < -0.4 is 10.5 Å². The summed E-state index contributed by atoms with van der Waals surface area (Å²) in [6.45, 7) is 0. The highest BCUT2D eigenvalue weighted by atomic mass is 16.5. The van der Waals surface area contributed by atoms with Crippen molar-refractivity contribution in [2.45, 2.75) is 56.5 Å². The Labute approximate surface area is 210 Å². The Hall–Kier alpha value is -3.86. The quantitative estimate of drug-likeness (QED) is 0.328. The molecule has 0 aliphatic heterocycles. The number of para-hydroxylation sites is 1. The van der Waals surface area contributed by atoms with E-state index in [0.29, 0.717) is 17.1 Å². The number of carboxylic acid groups (broad SMARTS) is 1. The Morgan fingerprint density at radius 2 is 1.83 bits per heavy atom. The number of rotatable bonds is 5. The molecule has 1 unspecified atom stereocenters. The van der Waals surface area contributed by atoms with E-state index >= 15 is 0 Å². The molecular weight excluding hydrogens is 448 g/mol. The van der Waals surface area contributed by atoms with Gasteiger partial charge < -0.3 is 15.6 Å². The third kappa shape index (κ3) is 3.89. The summed E-state index contributed by atoms with van der Waals surface area (Å²) in [6, 6.07) is 22.6. The number of benzene rings is 3. The van der Waals surface area contributed by atoms with Gasteiger partial charge in [-0.1, -0.05) is 67.8 Å². The zero-order valence-corrected chi connectivity index (χ0v) is 20.2. The molecule has 1 aromatic heterocycles. The third-order valence-corrected chi connectivity index (χ3v) is 8.09. The Bertz CT molecular complexity index is 1460. The van der Waals surface area contributed by atoms with Crippen LogP contribution in [0.25, 0.3) is 21.9 Å². The lowest BCUT2D eigenvalue weighted by Crippen LogP contribution is -2.26. The van der Waals surface area contributed by atoms with Gasteiger partial charge in [0.2, 0.25) is 0 Å². The minimum atomic E-state index is -0.853. The molecule has 36 heavy (non-hydrogen) atoms. The number of hydrogen-bond donors (Lipinski definition) is 2. The number of nitrogens with two attached hydrogens (primary N) is 1. The van der Waals surface area contributed by atoms with Crippen LogP contribution in [0.1, 0.15) is 61.3 Å². The lowest BCUT2D eigenvalue weighted by molar-refractivity contribution is -0.136. The average molecular weight is 479 g/mol. The van der Waals surface area contributed by atoms with Crippen LogP contribution in [0.4, 0.5) is 5.82 Å². The molecule has 3 N–H and O–H groups in total. The lowest BCUT2D eigenvalue weighted by atomic mass is 9.70. The van der Waals surface area contributed by atoms with E-state index in [9.17, 15) is 9.90 Å². The van der Waals surface area contributed by atoms with Crippen molar-refractivity contribution in [3.63, 3.8) is 0 Å². The van der Waals surface area contributed by atoms with Crippen molar-refractivity contribution in [2.24, 2.45) is 0 Å². The molecule has 182 valence electrons. The van der Waals surface area contributed by atoms with Gasteiger partial charge in [0.25, 0.3) is 0 Å². The van der Waals surface area contributed by atoms with Crippen LogP contribution in [0, 0.1) is 0 Å². The molecule has 1 heterocycles.